The molecule has 1 saturated carbocycles. The fourth-order valence-corrected chi connectivity index (χ4v) is 1.50. The highest BCUT2D eigenvalue weighted by molar-refractivity contribution is 6.30. The molecule has 0 unspecified atom stereocenters. The summed E-state index contributed by atoms with van der Waals surface area (Å²) in [6, 6.07) is 3.77. The minimum Gasteiger partial charge on any atom is -0.484 e. The summed E-state index contributed by atoms with van der Waals surface area (Å²) in [6.45, 7) is -0.299. The molecule has 1 aliphatic rings. The minimum atomic E-state index is -0.560. The zero-order valence-electron chi connectivity index (χ0n) is 9.91. The van der Waals surface area contributed by atoms with E-state index in [-0.39, 0.29) is 29.2 Å². The number of benzene rings is 1. The van der Waals surface area contributed by atoms with E-state index < -0.39 is 11.7 Å². The molecule has 0 spiro atoms. The molecule has 0 atom stereocenters. The Morgan fingerprint density at radius 3 is 2.74 bits per heavy atom. The molecule has 1 fully saturated rings. The van der Waals surface area contributed by atoms with Crippen LogP contribution in [0.4, 0.5) is 4.39 Å². The van der Waals surface area contributed by atoms with Gasteiger partial charge in [0, 0.05) is 12.0 Å². The van der Waals surface area contributed by atoms with Crippen molar-refractivity contribution in [3.8, 4) is 5.75 Å². The molecular weight excluding hydrogens is 275 g/mol. The summed E-state index contributed by atoms with van der Waals surface area (Å²) in [6.07, 6.45) is 1.71. The summed E-state index contributed by atoms with van der Waals surface area (Å²) < 4.78 is 18.0. The third kappa shape index (κ3) is 4.10. The SMILES string of the molecule is O=C(COc1ccc(F)c(Cl)c1)NNC(=O)C1CC1. The van der Waals surface area contributed by atoms with Crippen molar-refractivity contribution in [3.63, 3.8) is 0 Å². The smallest absolute Gasteiger partial charge is 0.276 e. The largest absolute Gasteiger partial charge is 0.484 e. The Morgan fingerprint density at radius 1 is 1.37 bits per heavy atom. The van der Waals surface area contributed by atoms with Crippen LogP contribution >= 0.6 is 11.6 Å². The topological polar surface area (TPSA) is 67.4 Å². The van der Waals surface area contributed by atoms with Gasteiger partial charge in [-0.25, -0.2) is 4.39 Å². The molecule has 2 N–H and O–H groups in total. The lowest BCUT2D eigenvalue weighted by Crippen LogP contribution is -2.44. The summed E-state index contributed by atoms with van der Waals surface area (Å²) in [5.74, 6) is -0.977. The lowest BCUT2D eigenvalue weighted by atomic mass is 10.3. The van der Waals surface area contributed by atoms with Crippen LogP contribution in [0.1, 0.15) is 12.8 Å². The third-order valence-electron chi connectivity index (χ3n) is 2.53. The molecule has 0 saturated heterocycles. The quantitative estimate of drug-likeness (QED) is 0.823. The van der Waals surface area contributed by atoms with E-state index in [0.717, 1.165) is 18.9 Å². The number of carbonyl (C=O) groups excluding carboxylic acids is 2. The first kappa shape index (κ1) is 13.6. The summed E-state index contributed by atoms with van der Waals surface area (Å²) in [5, 5.41) is -0.0834. The van der Waals surface area contributed by atoms with Gasteiger partial charge in [-0.1, -0.05) is 11.6 Å². The van der Waals surface area contributed by atoms with E-state index in [1.165, 1.54) is 12.1 Å². The Kier molecular flexibility index (Phi) is 4.21. The normalized spacial score (nSPS) is 13.8. The lowest BCUT2D eigenvalue weighted by Gasteiger charge is -2.08. The van der Waals surface area contributed by atoms with Crippen LogP contribution in [0.15, 0.2) is 18.2 Å². The molecule has 2 amide bonds. The Labute approximate surface area is 114 Å². The summed E-state index contributed by atoms with van der Waals surface area (Å²) in [7, 11) is 0. The molecule has 0 bridgehead atoms. The highest BCUT2D eigenvalue weighted by atomic mass is 35.5. The maximum Gasteiger partial charge on any atom is 0.276 e. The van der Waals surface area contributed by atoms with Gasteiger partial charge in [0.1, 0.15) is 11.6 Å². The second-order valence-corrected chi connectivity index (χ2v) is 4.58. The van der Waals surface area contributed by atoms with Crippen LogP contribution in [0.25, 0.3) is 0 Å². The van der Waals surface area contributed by atoms with Gasteiger partial charge in [0.25, 0.3) is 5.91 Å². The summed E-state index contributed by atoms with van der Waals surface area (Å²) >= 11 is 5.56. The zero-order chi connectivity index (χ0) is 13.8. The maximum absolute atomic E-state index is 12.9. The molecule has 2 rings (SSSR count). The number of hydrogen-bond acceptors (Lipinski definition) is 3. The molecule has 0 aliphatic heterocycles. The second-order valence-electron chi connectivity index (χ2n) is 4.18. The van der Waals surface area contributed by atoms with E-state index in [4.69, 9.17) is 16.3 Å². The molecule has 102 valence electrons. The molecule has 1 aromatic rings. The summed E-state index contributed by atoms with van der Waals surface area (Å²) in [5.41, 5.74) is 4.53. The predicted molar refractivity (Wildman–Crippen MR) is 65.9 cm³/mol. The molecule has 1 aliphatic carbocycles. The van der Waals surface area contributed by atoms with E-state index in [1.54, 1.807) is 0 Å². The van der Waals surface area contributed by atoms with E-state index in [0.29, 0.717) is 0 Å². The predicted octanol–water partition coefficient (Wildman–Crippen LogP) is 1.42. The maximum atomic E-state index is 12.9. The van der Waals surface area contributed by atoms with Gasteiger partial charge in [-0.05, 0) is 25.0 Å². The first-order chi connectivity index (χ1) is 9.06. The number of hydrogen-bond donors (Lipinski definition) is 2. The first-order valence-electron chi connectivity index (χ1n) is 5.73. The highest BCUT2D eigenvalue weighted by Crippen LogP contribution is 2.28. The fraction of sp³-hybridized carbons (Fsp3) is 0.333. The lowest BCUT2D eigenvalue weighted by molar-refractivity contribution is -0.130. The number of ether oxygens (including phenoxy) is 1. The number of carbonyl (C=O) groups is 2. The second kappa shape index (κ2) is 5.88. The Balaban J connectivity index is 1.73. The van der Waals surface area contributed by atoms with Gasteiger partial charge < -0.3 is 4.74 Å². The van der Waals surface area contributed by atoms with Crippen LogP contribution < -0.4 is 15.6 Å². The molecule has 0 heterocycles. The van der Waals surface area contributed by atoms with Gasteiger partial charge >= 0.3 is 0 Å². The fourth-order valence-electron chi connectivity index (χ4n) is 1.33. The van der Waals surface area contributed by atoms with E-state index in [9.17, 15) is 14.0 Å². The average molecular weight is 287 g/mol. The van der Waals surface area contributed by atoms with Crippen molar-refractivity contribution in [2.24, 2.45) is 5.92 Å². The molecule has 5 nitrogen and oxygen atoms in total. The minimum absolute atomic E-state index is 0.0112. The molecule has 0 radical (unpaired) electrons. The van der Waals surface area contributed by atoms with Gasteiger partial charge in [0.2, 0.25) is 5.91 Å². The first-order valence-corrected chi connectivity index (χ1v) is 6.10. The Morgan fingerprint density at radius 2 is 2.11 bits per heavy atom. The third-order valence-corrected chi connectivity index (χ3v) is 2.82. The standard InChI is InChI=1S/C12H12ClFN2O3/c13-9-5-8(3-4-10(9)14)19-6-11(17)15-16-12(18)7-1-2-7/h3-5,7H,1-2,6H2,(H,15,17)(H,16,18). The molecule has 1 aromatic carbocycles. The van der Waals surface area contributed by atoms with Crippen molar-refractivity contribution in [1.82, 2.24) is 10.9 Å². The van der Waals surface area contributed by atoms with Gasteiger partial charge in [0.05, 0.1) is 5.02 Å². The van der Waals surface area contributed by atoms with Crippen LogP contribution in [-0.4, -0.2) is 18.4 Å². The molecule has 0 aromatic heterocycles. The van der Waals surface area contributed by atoms with Crippen LogP contribution in [0.3, 0.4) is 0 Å². The average Bonchev–Trinajstić information content (AvgIpc) is 3.21. The van der Waals surface area contributed by atoms with E-state index >= 15 is 0 Å². The summed E-state index contributed by atoms with van der Waals surface area (Å²) in [4.78, 5) is 22.6. The van der Waals surface area contributed by atoms with Crippen molar-refractivity contribution < 1.29 is 18.7 Å². The van der Waals surface area contributed by atoms with Crippen molar-refractivity contribution in [3.05, 3.63) is 29.0 Å². The molecular formula is C12H12ClFN2O3. The monoisotopic (exact) mass is 286 g/mol. The van der Waals surface area contributed by atoms with Crippen molar-refractivity contribution in [2.45, 2.75) is 12.8 Å². The highest BCUT2D eigenvalue weighted by Gasteiger charge is 2.29. The van der Waals surface area contributed by atoms with Crippen molar-refractivity contribution >= 4 is 23.4 Å². The van der Waals surface area contributed by atoms with Crippen molar-refractivity contribution in [2.75, 3.05) is 6.61 Å². The van der Waals surface area contributed by atoms with Crippen LogP contribution in [0.2, 0.25) is 5.02 Å². The van der Waals surface area contributed by atoms with Crippen molar-refractivity contribution in [1.29, 1.82) is 0 Å². The number of nitrogens with one attached hydrogen (secondary N) is 2. The number of halogens is 2. The van der Waals surface area contributed by atoms with Crippen LogP contribution in [0.5, 0.6) is 5.75 Å². The van der Waals surface area contributed by atoms with Gasteiger partial charge in [0.15, 0.2) is 6.61 Å². The molecule has 19 heavy (non-hydrogen) atoms. The zero-order valence-corrected chi connectivity index (χ0v) is 10.7. The molecule has 7 heteroatoms. The number of rotatable bonds is 4. The van der Waals surface area contributed by atoms with Gasteiger partial charge in [-0.3, -0.25) is 20.4 Å². The van der Waals surface area contributed by atoms with Gasteiger partial charge in [-0.2, -0.15) is 0 Å². The van der Waals surface area contributed by atoms with Crippen LogP contribution in [-0.2, 0) is 9.59 Å². The Bertz CT molecular complexity index is 506. The number of hydrazine groups is 1. The van der Waals surface area contributed by atoms with Gasteiger partial charge in [-0.15, -0.1) is 0 Å². The van der Waals surface area contributed by atoms with E-state index in [1.807, 2.05) is 0 Å². The number of amides is 2. The van der Waals surface area contributed by atoms with Crippen LogP contribution in [0, 0.1) is 11.7 Å². The Hall–Kier alpha value is -1.82. The van der Waals surface area contributed by atoms with E-state index in [2.05, 4.69) is 10.9 Å².